The van der Waals surface area contributed by atoms with E-state index in [9.17, 15) is 0 Å². The van der Waals surface area contributed by atoms with Crippen molar-refractivity contribution in [3.8, 4) is 0 Å². The summed E-state index contributed by atoms with van der Waals surface area (Å²) in [5.74, 6) is 0. The van der Waals surface area contributed by atoms with Gasteiger partial charge in [0.15, 0.2) is 0 Å². The van der Waals surface area contributed by atoms with Crippen molar-refractivity contribution in [1.82, 2.24) is 4.98 Å². The summed E-state index contributed by atoms with van der Waals surface area (Å²) < 4.78 is 0. The first-order chi connectivity index (χ1) is 10.4. The number of aryl methyl sites for hydroxylation is 3. The molecule has 0 unspecified atom stereocenters. The minimum Gasteiger partial charge on any atom is -0.264 e. The van der Waals surface area contributed by atoms with Gasteiger partial charge in [-0.25, -0.2) is 0 Å². The number of hydrogen-bond acceptors (Lipinski definition) is 1. The number of benzene rings is 1. The van der Waals surface area contributed by atoms with Crippen molar-refractivity contribution in [2.45, 2.75) is 58.3 Å². The quantitative estimate of drug-likeness (QED) is 0.562. The highest BCUT2D eigenvalue weighted by molar-refractivity contribution is 5.23. The maximum Gasteiger partial charge on any atom is 0.0302 e. The van der Waals surface area contributed by atoms with Gasteiger partial charge >= 0.3 is 0 Å². The van der Waals surface area contributed by atoms with Gasteiger partial charge in [0.2, 0.25) is 0 Å². The monoisotopic (exact) mass is 281 g/mol. The summed E-state index contributed by atoms with van der Waals surface area (Å²) in [6.45, 7) is 2.21. The van der Waals surface area contributed by atoms with Gasteiger partial charge in [0.05, 0.1) is 0 Å². The summed E-state index contributed by atoms with van der Waals surface area (Å²) in [6, 6.07) is 13.0. The van der Waals surface area contributed by atoms with Crippen LogP contribution in [0.5, 0.6) is 0 Å². The van der Waals surface area contributed by atoms with Crippen LogP contribution in [0.15, 0.2) is 48.8 Å². The van der Waals surface area contributed by atoms with Crippen molar-refractivity contribution < 1.29 is 0 Å². The van der Waals surface area contributed by atoms with Gasteiger partial charge in [0.25, 0.3) is 0 Å². The van der Waals surface area contributed by atoms with Crippen molar-refractivity contribution in [3.63, 3.8) is 0 Å². The summed E-state index contributed by atoms with van der Waals surface area (Å²) in [7, 11) is 0. The number of hydrogen-bond donors (Lipinski definition) is 0. The third kappa shape index (κ3) is 5.71. The lowest BCUT2D eigenvalue weighted by molar-refractivity contribution is 0.612. The largest absolute Gasteiger partial charge is 0.264 e. The van der Waals surface area contributed by atoms with Crippen LogP contribution < -0.4 is 0 Å². The number of unbranched alkanes of at least 4 members (excludes halogenated alkanes) is 4. The van der Waals surface area contributed by atoms with E-state index in [1.54, 1.807) is 0 Å². The van der Waals surface area contributed by atoms with Crippen molar-refractivity contribution in [3.05, 3.63) is 65.5 Å². The van der Waals surface area contributed by atoms with Gasteiger partial charge in [-0.15, -0.1) is 0 Å². The van der Waals surface area contributed by atoms with E-state index in [1.807, 2.05) is 12.4 Å². The normalized spacial score (nSPS) is 10.7. The van der Waals surface area contributed by atoms with Crippen LogP contribution in [0, 0.1) is 0 Å². The van der Waals surface area contributed by atoms with Crippen LogP contribution in [0.1, 0.15) is 55.7 Å². The average Bonchev–Trinajstić information content (AvgIpc) is 2.55. The van der Waals surface area contributed by atoms with Crippen LogP contribution in [0.25, 0.3) is 0 Å². The zero-order chi connectivity index (χ0) is 14.8. The molecule has 0 aliphatic rings. The summed E-state index contributed by atoms with van der Waals surface area (Å²) in [6.07, 6.45) is 14.2. The third-order valence-electron chi connectivity index (χ3n) is 4.14. The zero-order valence-corrected chi connectivity index (χ0v) is 13.2. The minimum atomic E-state index is 1.10. The fraction of sp³-hybridized carbons (Fsp3) is 0.450. The molecule has 0 atom stereocenters. The summed E-state index contributed by atoms with van der Waals surface area (Å²) >= 11 is 0. The molecule has 2 aromatic rings. The zero-order valence-electron chi connectivity index (χ0n) is 13.2. The molecule has 112 valence electrons. The van der Waals surface area contributed by atoms with E-state index in [-0.39, 0.29) is 0 Å². The molecule has 0 spiro atoms. The Balaban J connectivity index is 1.56. The Morgan fingerprint density at radius 2 is 1.48 bits per heavy atom. The van der Waals surface area contributed by atoms with E-state index in [4.69, 9.17) is 0 Å². The predicted octanol–water partition coefficient (Wildman–Crippen LogP) is 5.38. The highest BCUT2D eigenvalue weighted by Gasteiger charge is 2.00. The number of aromatic nitrogens is 1. The number of nitrogens with zero attached hydrogens (tertiary/aromatic N) is 1. The van der Waals surface area contributed by atoms with Crippen LogP contribution in [0.3, 0.4) is 0 Å². The van der Waals surface area contributed by atoms with Crippen molar-refractivity contribution in [2.24, 2.45) is 0 Å². The van der Waals surface area contributed by atoms with Crippen LogP contribution in [-0.4, -0.2) is 4.98 Å². The van der Waals surface area contributed by atoms with E-state index in [2.05, 4.69) is 48.3 Å². The van der Waals surface area contributed by atoms with Gasteiger partial charge in [0.1, 0.15) is 0 Å². The number of pyridine rings is 1. The topological polar surface area (TPSA) is 12.9 Å². The molecule has 0 saturated carbocycles. The van der Waals surface area contributed by atoms with E-state index in [1.165, 1.54) is 61.6 Å². The standard InChI is InChI=1S/C20H27N/c1-2-19-17-21-16-15-20(19)14-10-5-3-4-7-11-18-12-8-6-9-13-18/h6,8-9,12-13,15-17H,2-5,7,10-11,14H2,1H3. The molecule has 1 aromatic heterocycles. The van der Waals surface area contributed by atoms with Gasteiger partial charge in [-0.2, -0.15) is 0 Å². The van der Waals surface area contributed by atoms with Gasteiger partial charge in [-0.1, -0.05) is 56.5 Å². The number of rotatable bonds is 9. The maximum atomic E-state index is 4.21. The van der Waals surface area contributed by atoms with Gasteiger partial charge < -0.3 is 0 Å². The summed E-state index contributed by atoms with van der Waals surface area (Å²) in [4.78, 5) is 4.21. The Bertz CT molecular complexity index is 504. The molecule has 21 heavy (non-hydrogen) atoms. The third-order valence-corrected chi connectivity index (χ3v) is 4.14. The Labute approximate surface area is 129 Å². The molecule has 0 bridgehead atoms. The molecule has 1 nitrogen and oxygen atoms in total. The maximum absolute atomic E-state index is 4.21. The van der Waals surface area contributed by atoms with Gasteiger partial charge in [-0.05, 0) is 54.9 Å². The Morgan fingerprint density at radius 1 is 0.762 bits per heavy atom. The van der Waals surface area contributed by atoms with Crippen LogP contribution in [0.4, 0.5) is 0 Å². The molecule has 0 aliphatic carbocycles. The molecular formula is C20H27N. The molecule has 0 radical (unpaired) electrons. The molecule has 1 heterocycles. The predicted molar refractivity (Wildman–Crippen MR) is 90.6 cm³/mol. The Morgan fingerprint density at radius 3 is 2.24 bits per heavy atom. The van der Waals surface area contributed by atoms with Gasteiger partial charge in [0, 0.05) is 12.4 Å². The molecule has 0 N–H and O–H groups in total. The van der Waals surface area contributed by atoms with Crippen molar-refractivity contribution in [1.29, 1.82) is 0 Å². The summed E-state index contributed by atoms with van der Waals surface area (Å²) in [5, 5.41) is 0. The lowest BCUT2D eigenvalue weighted by Crippen LogP contribution is -1.94. The summed E-state index contributed by atoms with van der Waals surface area (Å²) in [5.41, 5.74) is 4.39. The molecule has 0 fully saturated rings. The smallest absolute Gasteiger partial charge is 0.0302 e. The van der Waals surface area contributed by atoms with Gasteiger partial charge in [-0.3, -0.25) is 4.98 Å². The van der Waals surface area contributed by atoms with E-state index < -0.39 is 0 Å². The van der Waals surface area contributed by atoms with Crippen LogP contribution in [0.2, 0.25) is 0 Å². The first-order valence-electron chi connectivity index (χ1n) is 8.36. The minimum absolute atomic E-state index is 1.10. The second-order valence-electron chi connectivity index (χ2n) is 5.75. The van der Waals surface area contributed by atoms with E-state index in [0.717, 1.165) is 6.42 Å². The second kappa shape index (κ2) is 9.33. The van der Waals surface area contributed by atoms with E-state index >= 15 is 0 Å². The molecular weight excluding hydrogens is 254 g/mol. The molecule has 0 aliphatic heterocycles. The average molecular weight is 281 g/mol. The highest BCUT2D eigenvalue weighted by Crippen LogP contribution is 2.14. The molecule has 2 rings (SSSR count). The van der Waals surface area contributed by atoms with Crippen molar-refractivity contribution >= 4 is 0 Å². The molecule has 0 amide bonds. The SMILES string of the molecule is CCc1cnccc1CCCCCCCc1ccccc1. The van der Waals surface area contributed by atoms with E-state index in [0.29, 0.717) is 0 Å². The molecule has 1 heteroatoms. The first kappa shape index (κ1) is 15.8. The fourth-order valence-electron chi connectivity index (χ4n) is 2.84. The van der Waals surface area contributed by atoms with Crippen LogP contribution >= 0.6 is 0 Å². The molecule has 0 saturated heterocycles. The second-order valence-corrected chi connectivity index (χ2v) is 5.75. The van der Waals surface area contributed by atoms with Crippen LogP contribution in [-0.2, 0) is 19.3 Å². The first-order valence-corrected chi connectivity index (χ1v) is 8.36. The lowest BCUT2D eigenvalue weighted by atomic mass is 10.0. The Kier molecular flexibility index (Phi) is 7.00. The molecule has 1 aromatic carbocycles. The fourth-order valence-corrected chi connectivity index (χ4v) is 2.84. The van der Waals surface area contributed by atoms with Crippen molar-refractivity contribution in [2.75, 3.05) is 0 Å². The highest BCUT2D eigenvalue weighted by atomic mass is 14.6. The lowest BCUT2D eigenvalue weighted by Gasteiger charge is -2.07. The Hall–Kier alpha value is -1.63.